The van der Waals surface area contributed by atoms with Gasteiger partial charge in [0.1, 0.15) is 5.60 Å². The third-order valence-electron chi connectivity index (χ3n) is 5.99. The molecule has 29 heavy (non-hydrogen) atoms. The van der Waals surface area contributed by atoms with Gasteiger partial charge in [-0.25, -0.2) is 4.79 Å². The average Bonchev–Trinajstić information content (AvgIpc) is 3.03. The number of carbonyl (C=O) groups is 1. The molecule has 2 fully saturated rings. The smallest absolute Gasteiger partial charge is 0.410 e. The molecule has 2 N–H and O–H groups in total. The Labute approximate surface area is 174 Å². The largest absolute Gasteiger partial charge is 0.444 e. The van der Waals surface area contributed by atoms with Gasteiger partial charge in [-0.05, 0) is 60.3 Å². The van der Waals surface area contributed by atoms with E-state index in [9.17, 15) is 4.79 Å². The molecular formula is C21H36N6O2. The Hall–Kier alpha value is -2.25. The molecule has 0 aliphatic carbocycles. The van der Waals surface area contributed by atoms with E-state index in [1.165, 1.54) is 5.56 Å². The summed E-state index contributed by atoms with van der Waals surface area (Å²) in [5.74, 6) is 0.794. The second-order valence-corrected chi connectivity index (χ2v) is 9.28. The summed E-state index contributed by atoms with van der Waals surface area (Å²) < 4.78 is 7.54. The lowest BCUT2D eigenvalue weighted by Crippen LogP contribution is -2.54. The zero-order valence-corrected chi connectivity index (χ0v) is 18.9. The third-order valence-corrected chi connectivity index (χ3v) is 5.99. The number of ether oxygens (including phenoxy) is 1. The Morgan fingerprint density at radius 2 is 1.86 bits per heavy atom. The number of aryl methyl sites for hydroxylation is 2. The summed E-state index contributed by atoms with van der Waals surface area (Å²) in [5, 5.41) is 11.5. The monoisotopic (exact) mass is 404 g/mol. The SMILES string of the molecule is CN=C(NCc1c(C)nn(C)c1C)NC1CC2CCC(C1)N2C(=O)OC(C)(C)C. The van der Waals surface area contributed by atoms with Gasteiger partial charge in [0, 0.05) is 50.0 Å². The van der Waals surface area contributed by atoms with Crippen LogP contribution in [-0.4, -0.2) is 57.5 Å². The fourth-order valence-electron chi connectivity index (χ4n) is 4.54. The molecule has 2 bridgehead atoms. The van der Waals surface area contributed by atoms with Crippen LogP contribution in [0.15, 0.2) is 4.99 Å². The van der Waals surface area contributed by atoms with Crippen LogP contribution in [0.25, 0.3) is 0 Å². The molecule has 3 heterocycles. The van der Waals surface area contributed by atoms with Gasteiger partial charge in [-0.15, -0.1) is 0 Å². The number of hydrogen-bond acceptors (Lipinski definition) is 4. The van der Waals surface area contributed by atoms with Gasteiger partial charge in [0.2, 0.25) is 0 Å². The molecule has 2 aliphatic rings. The lowest BCUT2D eigenvalue weighted by molar-refractivity contribution is 0.00545. The molecule has 2 aliphatic heterocycles. The topological polar surface area (TPSA) is 83.8 Å². The van der Waals surface area contributed by atoms with Gasteiger partial charge in [-0.1, -0.05) is 0 Å². The number of rotatable bonds is 3. The number of aliphatic imine (C=N–C) groups is 1. The van der Waals surface area contributed by atoms with E-state index in [1.54, 1.807) is 7.05 Å². The first-order valence-electron chi connectivity index (χ1n) is 10.6. The van der Waals surface area contributed by atoms with Gasteiger partial charge in [-0.2, -0.15) is 5.10 Å². The normalized spacial score (nSPS) is 24.6. The fraction of sp³-hybridized carbons (Fsp3) is 0.762. The minimum Gasteiger partial charge on any atom is -0.444 e. The number of aromatic nitrogens is 2. The number of fused-ring (bicyclic) bond motifs is 2. The first-order valence-corrected chi connectivity index (χ1v) is 10.6. The molecule has 8 nitrogen and oxygen atoms in total. The number of carbonyl (C=O) groups excluding carboxylic acids is 1. The van der Waals surface area contributed by atoms with Crippen molar-refractivity contribution in [3.05, 3.63) is 17.0 Å². The minimum absolute atomic E-state index is 0.173. The molecule has 1 aromatic heterocycles. The van der Waals surface area contributed by atoms with E-state index in [1.807, 2.05) is 44.3 Å². The zero-order valence-electron chi connectivity index (χ0n) is 18.9. The third kappa shape index (κ3) is 4.85. The number of nitrogens with one attached hydrogen (secondary N) is 2. The molecule has 0 radical (unpaired) electrons. The second-order valence-electron chi connectivity index (χ2n) is 9.28. The highest BCUT2D eigenvalue weighted by molar-refractivity contribution is 5.80. The molecule has 0 spiro atoms. The number of nitrogens with zero attached hydrogens (tertiary/aromatic N) is 4. The number of hydrogen-bond donors (Lipinski definition) is 2. The van der Waals surface area contributed by atoms with Crippen LogP contribution >= 0.6 is 0 Å². The van der Waals surface area contributed by atoms with Crippen molar-refractivity contribution >= 4 is 12.1 Å². The maximum absolute atomic E-state index is 12.6. The summed E-state index contributed by atoms with van der Waals surface area (Å²) in [6, 6.07) is 0.775. The van der Waals surface area contributed by atoms with Crippen LogP contribution in [0.4, 0.5) is 4.79 Å². The van der Waals surface area contributed by atoms with E-state index in [2.05, 4.69) is 27.6 Å². The van der Waals surface area contributed by atoms with Gasteiger partial charge < -0.3 is 20.3 Å². The van der Waals surface area contributed by atoms with E-state index < -0.39 is 5.60 Å². The summed E-state index contributed by atoms with van der Waals surface area (Å²) >= 11 is 0. The Bertz CT molecular complexity index is 765. The summed E-state index contributed by atoms with van der Waals surface area (Å²) in [5.41, 5.74) is 2.95. The Morgan fingerprint density at radius 3 is 2.34 bits per heavy atom. The quantitative estimate of drug-likeness (QED) is 0.598. The lowest BCUT2D eigenvalue weighted by Gasteiger charge is -2.40. The van der Waals surface area contributed by atoms with Crippen LogP contribution in [-0.2, 0) is 18.3 Å². The van der Waals surface area contributed by atoms with Crippen LogP contribution in [0.2, 0.25) is 0 Å². The van der Waals surface area contributed by atoms with Crippen molar-refractivity contribution in [2.24, 2.45) is 12.0 Å². The Kier molecular flexibility index (Phi) is 6.10. The van der Waals surface area contributed by atoms with Crippen molar-refractivity contribution in [2.75, 3.05) is 7.05 Å². The van der Waals surface area contributed by atoms with Gasteiger partial charge in [0.15, 0.2) is 5.96 Å². The Morgan fingerprint density at radius 1 is 1.24 bits per heavy atom. The summed E-state index contributed by atoms with van der Waals surface area (Å²) in [4.78, 5) is 19.0. The van der Waals surface area contributed by atoms with Gasteiger partial charge in [0.05, 0.1) is 5.69 Å². The van der Waals surface area contributed by atoms with E-state index in [0.29, 0.717) is 12.6 Å². The van der Waals surface area contributed by atoms with E-state index in [0.717, 1.165) is 43.0 Å². The standard InChI is InChI=1S/C21H36N6O2/c1-13-18(14(2)26(7)25-13)12-23-19(22-6)24-15-10-16-8-9-17(11-15)27(16)20(28)29-21(3,4)5/h15-17H,8-12H2,1-7H3,(H2,22,23,24). The van der Waals surface area contributed by atoms with E-state index in [-0.39, 0.29) is 18.2 Å². The lowest BCUT2D eigenvalue weighted by atomic mass is 9.98. The molecule has 2 atom stereocenters. The fourth-order valence-corrected chi connectivity index (χ4v) is 4.54. The van der Waals surface area contributed by atoms with Crippen molar-refractivity contribution in [1.82, 2.24) is 25.3 Å². The van der Waals surface area contributed by atoms with E-state index >= 15 is 0 Å². The van der Waals surface area contributed by atoms with Gasteiger partial charge in [0.25, 0.3) is 0 Å². The molecule has 8 heteroatoms. The van der Waals surface area contributed by atoms with Crippen molar-refractivity contribution < 1.29 is 9.53 Å². The minimum atomic E-state index is -0.458. The van der Waals surface area contributed by atoms with Crippen LogP contribution in [0.5, 0.6) is 0 Å². The van der Waals surface area contributed by atoms with Gasteiger partial charge in [-0.3, -0.25) is 9.67 Å². The molecule has 162 valence electrons. The summed E-state index contributed by atoms with van der Waals surface area (Å²) in [7, 11) is 3.76. The highest BCUT2D eigenvalue weighted by Crippen LogP contribution is 2.36. The summed E-state index contributed by atoms with van der Waals surface area (Å²) in [6.07, 6.45) is 3.75. The van der Waals surface area contributed by atoms with Crippen molar-refractivity contribution in [1.29, 1.82) is 0 Å². The van der Waals surface area contributed by atoms with Crippen LogP contribution < -0.4 is 10.6 Å². The molecule has 2 saturated heterocycles. The van der Waals surface area contributed by atoms with E-state index in [4.69, 9.17) is 4.74 Å². The van der Waals surface area contributed by atoms with Crippen molar-refractivity contribution in [3.8, 4) is 0 Å². The first kappa shape index (κ1) is 21.5. The molecule has 1 amide bonds. The number of piperidine rings is 1. The highest BCUT2D eigenvalue weighted by atomic mass is 16.6. The average molecular weight is 405 g/mol. The van der Waals surface area contributed by atoms with Crippen LogP contribution in [0, 0.1) is 13.8 Å². The Balaban J connectivity index is 1.57. The zero-order chi connectivity index (χ0) is 21.3. The summed E-state index contributed by atoms with van der Waals surface area (Å²) in [6.45, 7) is 10.6. The predicted octanol–water partition coefficient (Wildman–Crippen LogP) is 2.63. The predicted molar refractivity (Wildman–Crippen MR) is 114 cm³/mol. The number of guanidine groups is 1. The molecule has 0 aromatic carbocycles. The van der Waals surface area contributed by atoms with Gasteiger partial charge >= 0.3 is 6.09 Å². The molecule has 2 unspecified atom stereocenters. The van der Waals surface area contributed by atoms with Crippen LogP contribution in [0.1, 0.15) is 63.4 Å². The number of amides is 1. The first-order chi connectivity index (χ1) is 13.6. The molecule has 1 aromatic rings. The molecule has 0 saturated carbocycles. The highest BCUT2D eigenvalue weighted by Gasteiger charge is 2.45. The van der Waals surface area contributed by atoms with Crippen molar-refractivity contribution in [2.45, 2.75) is 90.6 Å². The second kappa shape index (κ2) is 8.24. The van der Waals surface area contributed by atoms with Crippen molar-refractivity contribution in [3.63, 3.8) is 0 Å². The molecular weight excluding hydrogens is 368 g/mol. The van der Waals surface area contributed by atoms with Crippen LogP contribution in [0.3, 0.4) is 0 Å². The maximum atomic E-state index is 12.6. The molecule has 3 rings (SSSR count). The maximum Gasteiger partial charge on any atom is 0.410 e.